The maximum Gasteiger partial charge on any atom is 0.223 e. The van der Waals surface area contributed by atoms with Crippen LogP contribution in [0.4, 0.5) is 0 Å². The second-order valence-electron chi connectivity index (χ2n) is 10.4. The van der Waals surface area contributed by atoms with Gasteiger partial charge in [0, 0.05) is 88.7 Å². The fourth-order valence-corrected chi connectivity index (χ4v) is 3.78. The van der Waals surface area contributed by atoms with E-state index in [2.05, 4.69) is 42.8 Å². The van der Waals surface area contributed by atoms with Gasteiger partial charge >= 0.3 is 0 Å². The molecule has 1 radical (unpaired) electrons. The fraction of sp³-hybridized carbons (Fsp3) is 0.870. The van der Waals surface area contributed by atoms with Crippen molar-refractivity contribution in [2.24, 2.45) is 11.3 Å². The first-order chi connectivity index (χ1) is 13.4. The standard InChI is InChI=1S/C17H33N3O2.C6H11O.Y/c1-17(2,3)20-11-9-19(10-12-20)15-6-4-14(5-7-15)16(22)18-8-13-21;1-5(7)6(2,3)4;/h14-15,21H,4-13H2,1-3H3,(H,18,22);1H2,2-4H3;/q;-1;. The van der Waals surface area contributed by atoms with Crippen molar-refractivity contribution in [2.75, 3.05) is 39.3 Å². The molecule has 2 fully saturated rings. The van der Waals surface area contributed by atoms with Crippen LogP contribution >= 0.6 is 0 Å². The number of carbonyl (C=O) groups excluding carboxylic acids is 2. The molecule has 7 heteroatoms. The molecule has 1 aliphatic carbocycles. The molecule has 0 aromatic heterocycles. The van der Waals surface area contributed by atoms with E-state index in [1.807, 2.05) is 20.8 Å². The van der Waals surface area contributed by atoms with E-state index in [4.69, 9.17) is 5.11 Å². The van der Waals surface area contributed by atoms with Crippen LogP contribution in [0.3, 0.4) is 0 Å². The smallest absolute Gasteiger partial charge is 0.223 e. The molecule has 6 nitrogen and oxygen atoms in total. The number of hydrogen-bond donors (Lipinski definition) is 2. The molecule has 1 saturated carbocycles. The molecule has 1 heterocycles. The largest absolute Gasteiger partial charge is 0.395 e. The van der Waals surface area contributed by atoms with Gasteiger partial charge in [-0.05, 0) is 51.9 Å². The number of aliphatic hydroxyl groups is 1. The first kappa shape index (κ1) is 30.0. The number of carbonyl (C=O) groups is 2. The third kappa shape index (κ3) is 10.5. The number of hydrogen-bond acceptors (Lipinski definition) is 5. The number of ketones is 1. The average molecular weight is 500 g/mol. The molecule has 2 rings (SSSR count). The number of Topliss-reactive ketones (excluding diaryl/α,β-unsaturated/α-hetero) is 1. The Morgan fingerprint density at radius 1 is 0.967 bits per heavy atom. The van der Waals surface area contributed by atoms with Gasteiger partial charge in [-0.2, -0.15) is 0 Å². The van der Waals surface area contributed by atoms with Crippen molar-refractivity contribution in [1.29, 1.82) is 0 Å². The van der Waals surface area contributed by atoms with E-state index in [-0.39, 0.29) is 67.9 Å². The van der Waals surface area contributed by atoms with E-state index < -0.39 is 0 Å². The molecule has 2 aliphatic rings. The summed E-state index contributed by atoms with van der Waals surface area (Å²) in [4.78, 5) is 27.5. The van der Waals surface area contributed by atoms with Gasteiger partial charge in [0.15, 0.2) is 0 Å². The minimum atomic E-state index is -0.250. The molecule has 173 valence electrons. The summed E-state index contributed by atoms with van der Waals surface area (Å²) in [5, 5.41) is 11.6. The average Bonchev–Trinajstić information content (AvgIpc) is 2.65. The fourth-order valence-electron chi connectivity index (χ4n) is 3.78. The summed E-state index contributed by atoms with van der Waals surface area (Å²) in [5.74, 6) is 0.274. The van der Waals surface area contributed by atoms with Gasteiger partial charge < -0.3 is 22.1 Å². The first-order valence-electron chi connectivity index (χ1n) is 11.1. The van der Waals surface area contributed by atoms with Gasteiger partial charge in [0.2, 0.25) is 5.91 Å². The van der Waals surface area contributed by atoms with Crippen LogP contribution in [-0.4, -0.2) is 77.5 Å². The summed E-state index contributed by atoms with van der Waals surface area (Å²) in [6.45, 7) is 20.7. The second kappa shape index (κ2) is 13.5. The Morgan fingerprint density at radius 2 is 1.43 bits per heavy atom. The Labute approximate surface area is 209 Å². The van der Waals surface area contributed by atoms with Gasteiger partial charge in [-0.3, -0.25) is 14.6 Å². The van der Waals surface area contributed by atoms with Crippen LogP contribution in [0.2, 0.25) is 0 Å². The van der Waals surface area contributed by atoms with Gasteiger partial charge in [-0.25, -0.2) is 0 Å². The minimum absolute atomic E-state index is 0. The molecule has 0 aromatic carbocycles. The molecule has 0 aromatic rings. The quantitative estimate of drug-likeness (QED) is 0.582. The third-order valence-corrected chi connectivity index (χ3v) is 6.09. The number of aliphatic hydroxyl groups excluding tert-OH is 1. The van der Waals surface area contributed by atoms with Gasteiger partial charge in [0.05, 0.1) is 6.61 Å². The van der Waals surface area contributed by atoms with Crippen molar-refractivity contribution < 1.29 is 47.4 Å². The van der Waals surface area contributed by atoms with Gasteiger partial charge in [-0.1, -0.05) is 20.8 Å². The monoisotopic (exact) mass is 499 g/mol. The van der Waals surface area contributed by atoms with Crippen LogP contribution in [-0.2, 0) is 42.3 Å². The summed E-state index contributed by atoms with van der Waals surface area (Å²) in [6, 6.07) is 0.656. The molecule has 2 N–H and O–H groups in total. The molecule has 0 unspecified atom stereocenters. The number of nitrogens with zero attached hydrogens (tertiary/aromatic N) is 2. The molecule has 0 spiro atoms. The summed E-state index contributed by atoms with van der Waals surface area (Å²) in [6.07, 6.45) is 4.24. The molecular formula is C23H44N3O3Y-. The number of piperazine rings is 1. The van der Waals surface area contributed by atoms with Crippen LogP contribution in [0.5, 0.6) is 0 Å². The van der Waals surface area contributed by atoms with E-state index in [9.17, 15) is 9.59 Å². The number of nitrogens with one attached hydrogen (secondary N) is 1. The summed E-state index contributed by atoms with van der Waals surface area (Å²) in [5.41, 5.74) is 0.0224. The maximum absolute atomic E-state index is 12.0. The zero-order valence-corrected chi connectivity index (χ0v) is 23.0. The van der Waals surface area contributed by atoms with E-state index >= 15 is 0 Å². The topological polar surface area (TPSA) is 72.9 Å². The summed E-state index contributed by atoms with van der Waals surface area (Å²) < 4.78 is 0. The predicted octanol–water partition coefficient (Wildman–Crippen LogP) is 2.50. The normalized spacial score (nSPS) is 23.6. The number of rotatable bonds is 4. The zero-order valence-electron chi connectivity index (χ0n) is 20.2. The predicted molar refractivity (Wildman–Crippen MR) is 119 cm³/mol. The first-order valence-corrected chi connectivity index (χ1v) is 11.1. The van der Waals surface area contributed by atoms with Gasteiger partial charge in [0.1, 0.15) is 0 Å². The van der Waals surface area contributed by atoms with Gasteiger partial charge in [-0.15, -0.1) is 0 Å². The van der Waals surface area contributed by atoms with E-state index in [1.165, 1.54) is 0 Å². The Bertz CT molecular complexity index is 513. The minimum Gasteiger partial charge on any atom is -0.395 e. The molecule has 0 bridgehead atoms. The van der Waals surface area contributed by atoms with Crippen LogP contribution in [0.1, 0.15) is 67.2 Å². The molecular weight excluding hydrogens is 455 g/mol. The van der Waals surface area contributed by atoms with Crippen molar-refractivity contribution in [3.8, 4) is 0 Å². The van der Waals surface area contributed by atoms with Crippen molar-refractivity contribution in [3.63, 3.8) is 0 Å². The Kier molecular flexibility index (Phi) is 13.5. The van der Waals surface area contributed by atoms with Crippen molar-refractivity contribution in [2.45, 2.75) is 78.8 Å². The van der Waals surface area contributed by atoms with E-state index in [0.717, 1.165) is 51.9 Å². The van der Waals surface area contributed by atoms with E-state index in [1.54, 1.807) is 0 Å². The summed E-state index contributed by atoms with van der Waals surface area (Å²) in [7, 11) is 0. The Balaban J connectivity index is 0.000000909. The summed E-state index contributed by atoms with van der Waals surface area (Å²) >= 11 is 0. The molecule has 30 heavy (non-hydrogen) atoms. The number of amides is 1. The van der Waals surface area contributed by atoms with E-state index in [0.29, 0.717) is 12.6 Å². The molecule has 1 amide bonds. The van der Waals surface area contributed by atoms with Crippen LogP contribution in [0, 0.1) is 18.3 Å². The molecule has 0 atom stereocenters. The third-order valence-electron chi connectivity index (χ3n) is 6.09. The Morgan fingerprint density at radius 3 is 1.80 bits per heavy atom. The van der Waals surface area contributed by atoms with Crippen molar-refractivity contribution in [1.82, 2.24) is 15.1 Å². The van der Waals surface area contributed by atoms with Crippen molar-refractivity contribution in [3.05, 3.63) is 6.92 Å². The van der Waals surface area contributed by atoms with Crippen LogP contribution < -0.4 is 5.32 Å². The van der Waals surface area contributed by atoms with Crippen molar-refractivity contribution >= 4 is 11.7 Å². The molecule has 1 saturated heterocycles. The van der Waals surface area contributed by atoms with Crippen LogP contribution in [0.15, 0.2) is 0 Å². The van der Waals surface area contributed by atoms with Crippen LogP contribution in [0.25, 0.3) is 0 Å². The zero-order chi connectivity index (χ0) is 22.2. The Hall–Kier alpha value is -0.00610. The SMILES string of the molecule is CC(C)(C)N1CCN(C2CCC(C(=O)NCCO)CC2)CC1.[CH2-]C(=O)C(C)(C)C.[Y]. The molecule has 1 aliphatic heterocycles. The van der Waals surface area contributed by atoms with Gasteiger partial charge in [0.25, 0.3) is 0 Å². The second-order valence-corrected chi connectivity index (χ2v) is 10.4. The maximum atomic E-state index is 12.0.